The number of likely N-dealkylation sites (tertiary alicyclic amines) is 1. The van der Waals surface area contributed by atoms with Crippen LogP contribution in [0.3, 0.4) is 0 Å². The van der Waals surface area contributed by atoms with Gasteiger partial charge in [-0.2, -0.15) is 0 Å². The van der Waals surface area contributed by atoms with Crippen LogP contribution >= 0.6 is 0 Å². The van der Waals surface area contributed by atoms with Gasteiger partial charge in [0.15, 0.2) is 0 Å². The molecule has 2 atom stereocenters. The molecule has 3 amide bonds. The van der Waals surface area contributed by atoms with Crippen LogP contribution in [0.2, 0.25) is 0 Å². The molecule has 2 unspecified atom stereocenters. The number of amides is 3. The van der Waals surface area contributed by atoms with Crippen molar-refractivity contribution in [1.29, 1.82) is 0 Å². The number of nitrogens with one attached hydrogen (secondary N) is 1. The lowest BCUT2D eigenvalue weighted by Crippen LogP contribution is -2.46. The van der Waals surface area contributed by atoms with Crippen molar-refractivity contribution in [1.82, 2.24) is 20.0 Å². The van der Waals surface area contributed by atoms with Crippen molar-refractivity contribution in [3.8, 4) is 0 Å². The molecule has 1 fully saturated rings. The molecule has 0 spiro atoms. The topological polar surface area (TPSA) is 55.9 Å². The Morgan fingerprint density at radius 2 is 1.96 bits per heavy atom. The van der Waals surface area contributed by atoms with E-state index in [1.807, 2.05) is 12.1 Å². The van der Waals surface area contributed by atoms with Gasteiger partial charge in [0.2, 0.25) is 5.91 Å². The minimum Gasteiger partial charge on any atom is -0.349 e. The molecule has 0 aliphatic carbocycles. The maximum atomic E-state index is 12.6. The number of hydrogen-bond donors (Lipinski definition) is 1. The third-order valence-electron chi connectivity index (χ3n) is 4.93. The minimum absolute atomic E-state index is 0.00366. The lowest BCUT2D eigenvalue weighted by atomic mass is 9.96. The van der Waals surface area contributed by atoms with Crippen molar-refractivity contribution in [2.45, 2.75) is 19.0 Å². The number of hydrogen-bond acceptors (Lipinski definition) is 3. The van der Waals surface area contributed by atoms with Gasteiger partial charge < -0.3 is 15.1 Å². The molecule has 130 valence electrons. The van der Waals surface area contributed by atoms with Crippen molar-refractivity contribution in [2.24, 2.45) is 5.92 Å². The van der Waals surface area contributed by atoms with E-state index in [1.54, 1.807) is 23.9 Å². The molecule has 6 heteroatoms. The van der Waals surface area contributed by atoms with Gasteiger partial charge in [-0.15, -0.1) is 0 Å². The van der Waals surface area contributed by atoms with Crippen molar-refractivity contribution < 1.29 is 9.59 Å². The zero-order chi connectivity index (χ0) is 17.3. The summed E-state index contributed by atoms with van der Waals surface area (Å²) in [5.74, 6) is 0.0279. The van der Waals surface area contributed by atoms with Gasteiger partial charge in [-0.25, -0.2) is 4.79 Å². The molecule has 0 saturated carbocycles. The zero-order valence-electron chi connectivity index (χ0n) is 14.7. The highest BCUT2D eigenvalue weighted by Gasteiger charge is 2.33. The number of urea groups is 1. The Morgan fingerprint density at radius 1 is 1.21 bits per heavy atom. The Morgan fingerprint density at radius 3 is 2.71 bits per heavy atom. The van der Waals surface area contributed by atoms with E-state index in [4.69, 9.17) is 0 Å². The SMILES string of the molecule is CN1Cc2ccccc2C(NC(=O)N2CCC(C(=O)N(C)C)C2)C1. The molecule has 0 bridgehead atoms. The van der Waals surface area contributed by atoms with Crippen LogP contribution in [0.4, 0.5) is 4.79 Å². The fourth-order valence-corrected chi connectivity index (χ4v) is 3.66. The van der Waals surface area contributed by atoms with E-state index in [2.05, 4.69) is 29.4 Å². The summed E-state index contributed by atoms with van der Waals surface area (Å²) in [6.07, 6.45) is 0.742. The first-order chi connectivity index (χ1) is 11.5. The minimum atomic E-state index is -0.0768. The Kier molecular flexibility index (Phi) is 4.76. The Hall–Kier alpha value is -2.08. The molecular weight excluding hydrogens is 304 g/mol. The standard InChI is InChI=1S/C18H26N4O2/c1-20(2)17(23)14-8-9-22(11-14)18(24)19-16-12-21(3)10-13-6-4-5-7-15(13)16/h4-7,14,16H,8-12H2,1-3H3,(H,19,24). The molecule has 1 saturated heterocycles. The summed E-state index contributed by atoms with van der Waals surface area (Å²) in [5, 5.41) is 3.16. The number of fused-ring (bicyclic) bond motifs is 1. The third kappa shape index (κ3) is 3.38. The van der Waals surface area contributed by atoms with Gasteiger partial charge in [-0.3, -0.25) is 9.69 Å². The summed E-state index contributed by atoms with van der Waals surface area (Å²) >= 11 is 0. The molecule has 2 aliphatic heterocycles. The molecular formula is C18H26N4O2. The summed E-state index contributed by atoms with van der Waals surface area (Å²) in [7, 11) is 5.59. The van der Waals surface area contributed by atoms with E-state index < -0.39 is 0 Å². The zero-order valence-corrected chi connectivity index (χ0v) is 14.7. The van der Waals surface area contributed by atoms with Gasteiger partial charge in [0.05, 0.1) is 12.0 Å². The second-order valence-electron chi connectivity index (χ2n) is 7.06. The van der Waals surface area contributed by atoms with Crippen molar-refractivity contribution >= 4 is 11.9 Å². The van der Waals surface area contributed by atoms with Gasteiger partial charge in [0.25, 0.3) is 0 Å². The first kappa shape index (κ1) is 16.8. The van der Waals surface area contributed by atoms with E-state index in [-0.39, 0.29) is 23.9 Å². The van der Waals surface area contributed by atoms with Crippen LogP contribution in [0.15, 0.2) is 24.3 Å². The Labute approximate surface area is 143 Å². The molecule has 1 aromatic rings. The molecule has 6 nitrogen and oxygen atoms in total. The number of rotatable bonds is 2. The van der Waals surface area contributed by atoms with Gasteiger partial charge in [0, 0.05) is 40.3 Å². The number of benzene rings is 1. The molecule has 0 radical (unpaired) electrons. The van der Waals surface area contributed by atoms with Crippen LogP contribution in [-0.2, 0) is 11.3 Å². The maximum Gasteiger partial charge on any atom is 0.317 e. The summed E-state index contributed by atoms with van der Waals surface area (Å²) in [6.45, 7) is 2.86. The highest BCUT2D eigenvalue weighted by Crippen LogP contribution is 2.26. The fraction of sp³-hybridized carbons (Fsp3) is 0.556. The van der Waals surface area contributed by atoms with E-state index in [9.17, 15) is 9.59 Å². The molecule has 2 aliphatic rings. The average Bonchev–Trinajstić information content (AvgIpc) is 3.03. The van der Waals surface area contributed by atoms with E-state index in [0.29, 0.717) is 13.1 Å². The van der Waals surface area contributed by atoms with Crippen LogP contribution in [0, 0.1) is 5.92 Å². The van der Waals surface area contributed by atoms with Crippen LogP contribution in [0.25, 0.3) is 0 Å². The second kappa shape index (κ2) is 6.81. The van der Waals surface area contributed by atoms with Crippen LogP contribution in [0.5, 0.6) is 0 Å². The van der Waals surface area contributed by atoms with Crippen LogP contribution in [0.1, 0.15) is 23.6 Å². The van der Waals surface area contributed by atoms with E-state index in [0.717, 1.165) is 19.5 Å². The first-order valence-electron chi connectivity index (χ1n) is 8.48. The van der Waals surface area contributed by atoms with Crippen LogP contribution in [-0.4, -0.2) is 67.4 Å². The lowest BCUT2D eigenvalue weighted by molar-refractivity contribution is -0.132. The predicted molar refractivity (Wildman–Crippen MR) is 92.4 cm³/mol. The smallest absolute Gasteiger partial charge is 0.317 e. The highest BCUT2D eigenvalue weighted by atomic mass is 16.2. The number of carbonyl (C=O) groups is 2. The first-order valence-corrected chi connectivity index (χ1v) is 8.48. The van der Waals surface area contributed by atoms with E-state index >= 15 is 0 Å². The van der Waals surface area contributed by atoms with E-state index in [1.165, 1.54) is 11.1 Å². The van der Waals surface area contributed by atoms with Crippen molar-refractivity contribution in [2.75, 3.05) is 40.8 Å². The highest BCUT2D eigenvalue weighted by molar-refractivity contribution is 5.81. The fourth-order valence-electron chi connectivity index (χ4n) is 3.66. The molecule has 1 aromatic carbocycles. The monoisotopic (exact) mass is 330 g/mol. The van der Waals surface area contributed by atoms with Gasteiger partial charge >= 0.3 is 6.03 Å². The van der Waals surface area contributed by atoms with Gasteiger partial charge in [-0.1, -0.05) is 24.3 Å². The number of likely N-dealkylation sites (N-methyl/N-ethyl adjacent to an activating group) is 1. The number of carbonyl (C=O) groups excluding carboxylic acids is 2. The molecule has 0 aromatic heterocycles. The lowest BCUT2D eigenvalue weighted by Gasteiger charge is -2.33. The predicted octanol–water partition coefficient (Wildman–Crippen LogP) is 1.29. The maximum absolute atomic E-state index is 12.6. The Balaban J connectivity index is 1.65. The largest absolute Gasteiger partial charge is 0.349 e. The average molecular weight is 330 g/mol. The van der Waals surface area contributed by atoms with Gasteiger partial charge in [-0.05, 0) is 24.6 Å². The van der Waals surface area contributed by atoms with Crippen LogP contribution < -0.4 is 5.32 Å². The number of nitrogens with zero attached hydrogens (tertiary/aromatic N) is 3. The summed E-state index contributed by atoms with van der Waals surface area (Å²) < 4.78 is 0. The summed E-state index contributed by atoms with van der Waals surface area (Å²) in [4.78, 5) is 30.3. The normalized spacial score (nSPS) is 23.7. The molecule has 1 N–H and O–H groups in total. The third-order valence-corrected chi connectivity index (χ3v) is 4.93. The summed E-state index contributed by atoms with van der Waals surface area (Å²) in [5.41, 5.74) is 2.46. The second-order valence-corrected chi connectivity index (χ2v) is 7.06. The summed E-state index contributed by atoms with van der Waals surface area (Å²) in [6, 6.07) is 8.19. The van der Waals surface area contributed by atoms with Crippen molar-refractivity contribution in [3.05, 3.63) is 35.4 Å². The quantitative estimate of drug-likeness (QED) is 0.889. The molecule has 24 heavy (non-hydrogen) atoms. The van der Waals surface area contributed by atoms with Gasteiger partial charge in [0.1, 0.15) is 0 Å². The molecule has 2 heterocycles. The van der Waals surface area contributed by atoms with Crippen molar-refractivity contribution in [3.63, 3.8) is 0 Å². The molecule has 3 rings (SSSR count). The Bertz CT molecular complexity index is 631.